The zero-order valence-corrected chi connectivity index (χ0v) is 10.7. The number of carboxylic acid groups (broad SMARTS) is 1. The maximum absolute atomic E-state index is 10.6. The van der Waals surface area contributed by atoms with Crippen molar-refractivity contribution in [2.75, 3.05) is 14.2 Å². The molecule has 100 valence electrons. The third-order valence-electron chi connectivity index (χ3n) is 2.65. The molecule has 6 heteroatoms. The van der Waals surface area contributed by atoms with Crippen molar-refractivity contribution in [3.8, 4) is 22.6 Å². The fourth-order valence-electron chi connectivity index (χ4n) is 1.75. The van der Waals surface area contributed by atoms with Crippen LogP contribution in [0.25, 0.3) is 11.1 Å². The van der Waals surface area contributed by atoms with E-state index in [0.717, 1.165) is 11.1 Å². The van der Waals surface area contributed by atoms with E-state index in [-0.39, 0.29) is 6.54 Å². The molecule has 0 saturated carbocycles. The van der Waals surface area contributed by atoms with Crippen molar-refractivity contribution >= 4 is 5.97 Å². The Balaban J connectivity index is 2.31. The summed E-state index contributed by atoms with van der Waals surface area (Å²) < 4.78 is 11.8. The van der Waals surface area contributed by atoms with Crippen LogP contribution in [0.1, 0.15) is 0 Å². The number of hydrogen-bond donors (Lipinski definition) is 1. The van der Waals surface area contributed by atoms with Gasteiger partial charge in [-0.3, -0.25) is 9.48 Å². The number of rotatable bonds is 5. The Kier molecular flexibility index (Phi) is 3.70. The van der Waals surface area contributed by atoms with Gasteiger partial charge >= 0.3 is 5.97 Å². The second-order valence-electron chi connectivity index (χ2n) is 3.89. The summed E-state index contributed by atoms with van der Waals surface area (Å²) in [5.74, 6) is 0.331. The first kappa shape index (κ1) is 12.9. The smallest absolute Gasteiger partial charge is 0.325 e. The number of carboxylic acids is 1. The second kappa shape index (κ2) is 5.43. The highest BCUT2D eigenvalue weighted by Gasteiger charge is 2.08. The predicted molar refractivity (Wildman–Crippen MR) is 68.4 cm³/mol. The van der Waals surface area contributed by atoms with Crippen molar-refractivity contribution in [3.63, 3.8) is 0 Å². The Morgan fingerprint density at radius 2 is 2.00 bits per heavy atom. The molecule has 0 fully saturated rings. The molecule has 0 saturated heterocycles. The highest BCUT2D eigenvalue weighted by Crippen LogP contribution is 2.31. The standard InChI is InChI=1S/C13H14N2O4/c1-18-11-4-3-9(5-12(11)19-2)10-6-14-15(7-10)8-13(16)17/h3-7H,8H2,1-2H3,(H,16,17). The lowest BCUT2D eigenvalue weighted by atomic mass is 10.1. The van der Waals surface area contributed by atoms with Gasteiger partial charge in [0.2, 0.25) is 0 Å². The van der Waals surface area contributed by atoms with Crippen LogP contribution in [0.2, 0.25) is 0 Å². The number of carbonyl (C=O) groups is 1. The lowest BCUT2D eigenvalue weighted by molar-refractivity contribution is -0.137. The van der Waals surface area contributed by atoms with Crippen LogP contribution in [-0.2, 0) is 11.3 Å². The minimum Gasteiger partial charge on any atom is -0.493 e. The van der Waals surface area contributed by atoms with Crippen molar-refractivity contribution in [2.45, 2.75) is 6.54 Å². The Labute approximate surface area is 110 Å². The van der Waals surface area contributed by atoms with Gasteiger partial charge in [0.1, 0.15) is 6.54 Å². The molecule has 1 aromatic heterocycles. The quantitative estimate of drug-likeness (QED) is 0.886. The lowest BCUT2D eigenvalue weighted by Gasteiger charge is -2.08. The molecule has 2 rings (SSSR count). The molecule has 0 amide bonds. The van der Waals surface area contributed by atoms with Crippen molar-refractivity contribution in [1.29, 1.82) is 0 Å². The number of aromatic nitrogens is 2. The van der Waals surface area contributed by atoms with Crippen molar-refractivity contribution in [2.24, 2.45) is 0 Å². The Hall–Kier alpha value is -2.50. The SMILES string of the molecule is COc1ccc(-c2cnn(CC(=O)O)c2)cc1OC. The van der Waals surface area contributed by atoms with Gasteiger partial charge in [-0.15, -0.1) is 0 Å². The molecule has 0 atom stereocenters. The number of ether oxygens (including phenoxy) is 2. The summed E-state index contributed by atoms with van der Waals surface area (Å²) in [5, 5.41) is 12.7. The summed E-state index contributed by atoms with van der Waals surface area (Å²) in [6.07, 6.45) is 3.29. The zero-order valence-electron chi connectivity index (χ0n) is 10.7. The molecule has 0 aliphatic rings. The molecule has 1 aromatic carbocycles. The average Bonchev–Trinajstić information content (AvgIpc) is 2.85. The number of aliphatic carboxylic acids is 1. The van der Waals surface area contributed by atoms with Crippen LogP contribution in [0, 0.1) is 0 Å². The Morgan fingerprint density at radius 1 is 1.26 bits per heavy atom. The van der Waals surface area contributed by atoms with Gasteiger partial charge in [0.25, 0.3) is 0 Å². The molecule has 1 heterocycles. The number of hydrogen-bond acceptors (Lipinski definition) is 4. The molecule has 0 radical (unpaired) electrons. The van der Waals surface area contributed by atoms with Crippen LogP contribution in [0.5, 0.6) is 11.5 Å². The third-order valence-corrected chi connectivity index (χ3v) is 2.65. The third kappa shape index (κ3) is 2.85. The highest BCUT2D eigenvalue weighted by molar-refractivity contribution is 5.68. The zero-order chi connectivity index (χ0) is 13.8. The number of nitrogens with zero attached hydrogens (tertiary/aromatic N) is 2. The van der Waals surface area contributed by atoms with Crippen LogP contribution >= 0.6 is 0 Å². The second-order valence-corrected chi connectivity index (χ2v) is 3.89. The first-order valence-electron chi connectivity index (χ1n) is 5.60. The largest absolute Gasteiger partial charge is 0.493 e. The summed E-state index contributed by atoms with van der Waals surface area (Å²) in [7, 11) is 3.14. The normalized spacial score (nSPS) is 10.2. The molecule has 1 N–H and O–H groups in total. The van der Waals surface area contributed by atoms with Gasteiger partial charge in [-0.1, -0.05) is 6.07 Å². The Bertz CT molecular complexity index is 592. The van der Waals surface area contributed by atoms with E-state index in [0.29, 0.717) is 11.5 Å². The van der Waals surface area contributed by atoms with E-state index >= 15 is 0 Å². The number of benzene rings is 1. The molecule has 0 spiro atoms. The molecule has 6 nitrogen and oxygen atoms in total. The molecule has 2 aromatic rings. The van der Waals surface area contributed by atoms with Crippen LogP contribution in [0.15, 0.2) is 30.6 Å². The summed E-state index contributed by atoms with van der Waals surface area (Å²) >= 11 is 0. The van der Waals surface area contributed by atoms with E-state index in [1.807, 2.05) is 12.1 Å². The maximum atomic E-state index is 10.6. The fourth-order valence-corrected chi connectivity index (χ4v) is 1.75. The van der Waals surface area contributed by atoms with Crippen LogP contribution in [0.3, 0.4) is 0 Å². The summed E-state index contributed by atoms with van der Waals surface area (Å²) in [6, 6.07) is 5.48. The molecule has 0 aliphatic heterocycles. The highest BCUT2D eigenvalue weighted by atomic mass is 16.5. The van der Waals surface area contributed by atoms with Gasteiger partial charge in [-0.2, -0.15) is 5.10 Å². The molecular weight excluding hydrogens is 248 g/mol. The van der Waals surface area contributed by atoms with E-state index in [4.69, 9.17) is 14.6 Å². The monoisotopic (exact) mass is 262 g/mol. The van der Waals surface area contributed by atoms with Gasteiger partial charge < -0.3 is 14.6 Å². The molecule has 19 heavy (non-hydrogen) atoms. The van der Waals surface area contributed by atoms with E-state index < -0.39 is 5.97 Å². The number of methoxy groups -OCH3 is 2. The lowest BCUT2D eigenvalue weighted by Crippen LogP contribution is -2.08. The van der Waals surface area contributed by atoms with Gasteiger partial charge in [0, 0.05) is 11.8 Å². The first-order valence-corrected chi connectivity index (χ1v) is 5.60. The van der Waals surface area contributed by atoms with Crippen molar-refractivity contribution < 1.29 is 19.4 Å². The van der Waals surface area contributed by atoms with Gasteiger partial charge in [0.05, 0.1) is 20.4 Å². The molecule has 0 unspecified atom stereocenters. The summed E-state index contributed by atoms with van der Waals surface area (Å²) in [5.41, 5.74) is 1.71. The van der Waals surface area contributed by atoms with Gasteiger partial charge in [0.15, 0.2) is 11.5 Å². The summed E-state index contributed by atoms with van der Waals surface area (Å²) in [4.78, 5) is 10.6. The predicted octanol–water partition coefficient (Wildman–Crippen LogP) is 1.65. The average molecular weight is 262 g/mol. The topological polar surface area (TPSA) is 73.6 Å². The van der Waals surface area contributed by atoms with E-state index in [1.165, 1.54) is 4.68 Å². The molecule has 0 bridgehead atoms. The van der Waals surface area contributed by atoms with Crippen LogP contribution in [-0.4, -0.2) is 35.1 Å². The maximum Gasteiger partial charge on any atom is 0.325 e. The Morgan fingerprint density at radius 3 is 2.63 bits per heavy atom. The minimum absolute atomic E-state index is 0.159. The van der Waals surface area contributed by atoms with Crippen LogP contribution < -0.4 is 9.47 Å². The minimum atomic E-state index is -0.929. The molecular formula is C13H14N2O4. The molecule has 0 aliphatic carbocycles. The van der Waals surface area contributed by atoms with Gasteiger partial charge in [-0.25, -0.2) is 0 Å². The van der Waals surface area contributed by atoms with Gasteiger partial charge in [-0.05, 0) is 17.7 Å². The van der Waals surface area contributed by atoms with E-state index in [1.54, 1.807) is 32.7 Å². The van der Waals surface area contributed by atoms with E-state index in [2.05, 4.69) is 5.10 Å². The van der Waals surface area contributed by atoms with Crippen molar-refractivity contribution in [3.05, 3.63) is 30.6 Å². The van der Waals surface area contributed by atoms with Crippen molar-refractivity contribution in [1.82, 2.24) is 9.78 Å². The van der Waals surface area contributed by atoms with E-state index in [9.17, 15) is 4.79 Å². The first-order chi connectivity index (χ1) is 9.13. The van der Waals surface area contributed by atoms with Crippen LogP contribution in [0.4, 0.5) is 0 Å². The fraction of sp³-hybridized carbons (Fsp3) is 0.231. The summed E-state index contributed by atoms with van der Waals surface area (Å²) in [6.45, 7) is -0.159.